The van der Waals surface area contributed by atoms with E-state index in [4.69, 9.17) is 14.8 Å². The number of nitrogens with zero attached hydrogens (tertiary/aromatic N) is 1. The zero-order valence-corrected chi connectivity index (χ0v) is 18.1. The summed E-state index contributed by atoms with van der Waals surface area (Å²) in [4.78, 5) is 15.7. The molecule has 1 aliphatic heterocycles. The van der Waals surface area contributed by atoms with Crippen LogP contribution in [0.4, 0.5) is 0 Å². The number of thiazole rings is 1. The van der Waals surface area contributed by atoms with Gasteiger partial charge in [-0.25, -0.2) is 4.98 Å². The molecule has 6 heteroatoms. The molecular formula is C23H29N3O2S. The topological polar surface area (TPSA) is 55.4 Å². The number of piperidine rings is 1. The van der Waals surface area contributed by atoms with Crippen molar-refractivity contribution in [3.63, 3.8) is 0 Å². The largest absolute Gasteiger partial charge is 0.337 e. The molecule has 29 heavy (non-hydrogen) atoms. The fraction of sp³-hybridized carbons (Fsp3) is 0.435. The van der Waals surface area contributed by atoms with Crippen molar-refractivity contribution in [1.29, 1.82) is 0 Å². The lowest BCUT2D eigenvalue weighted by atomic mass is 9.92. The van der Waals surface area contributed by atoms with Gasteiger partial charge in [0.2, 0.25) is 0 Å². The smallest absolute Gasteiger partial charge is 0.167 e. The van der Waals surface area contributed by atoms with E-state index in [1.54, 1.807) is 11.3 Å². The van der Waals surface area contributed by atoms with Gasteiger partial charge in [-0.15, -0.1) is 11.3 Å². The first-order valence-electron chi connectivity index (χ1n) is 10.4. The van der Waals surface area contributed by atoms with Crippen molar-refractivity contribution in [3.05, 3.63) is 58.6 Å². The van der Waals surface area contributed by atoms with Gasteiger partial charge in [0.15, 0.2) is 5.75 Å². The first-order valence-corrected chi connectivity index (χ1v) is 11.2. The summed E-state index contributed by atoms with van der Waals surface area (Å²) in [5.74, 6) is 0.730. The Hall–Kier alpha value is -1.99. The van der Waals surface area contributed by atoms with Crippen LogP contribution in [-0.2, 0) is 11.4 Å². The molecule has 1 aliphatic rings. The number of fused-ring (bicyclic) bond motifs is 1. The van der Waals surface area contributed by atoms with Crippen LogP contribution >= 0.6 is 11.3 Å². The Morgan fingerprint density at radius 2 is 2.07 bits per heavy atom. The number of hydrogen-bond donors (Lipinski definition) is 2. The maximum absolute atomic E-state index is 5.55. The van der Waals surface area contributed by atoms with E-state index in [9.17, 15) is 0 Å². The Morgan fingerprint density at radius 3 is 2.86 bits per heavy atom. The standard InChI is InChI=1S/C23H29N3O2S/c1-15(2)27-28-19-12-18(23-21(13-19)29-16(3)26-23)14-25-20-10-7-11-24-22(20)17-8-5-4-6-9-17/h4-6,8-9,12-13,15,20,22,24-25H,7,10-11,14H2,1-3H3/t20-,22-/m0/s1. The fourth-order valence-electron chi connectivity index (χ4n) is 3.88. The second kappa shape index (κ2) is 9.22. The molecule has 1 fully saturated rings. The first kappa shape index (κ1) is 20.3. The lowest BCUT2D eigenvalue weighted by Gasteiger charge is -2.34. The van der Waals surface area contributed by atoms with Gasteiger partial charge in [0, 0.05) is 24.7 Å². The fourth-order valence-corrected chi connectivity index (χ4v) is 4.78. The minimum atomic E-state index is 0.00964. The molecule has 0 bridgehead atoms. The molecule has 4 rings (SSSR count). The van der Waals surface area contributed by atoms with Crippen LogP contribution in [0.1, 0.15) is 48.9 Å². The molecule has 1 saturated heterocycles. The third kappa shape index (κ3) is 4.95. The van der Waals surface area contributed by atoms with Gasteiger partial charge in [0.05, 0.1) is 21.3 Å². The summed E-state index contributed by atoms with van der Waals surface area (Å²) < 4.78 is 1.13. The van der Waals surface area contributed by atoms with Gasteiger partial charge in [-0.2, -0.15) is 4.89 Å². The molecule has 0 spiro atoms. The van der Waals surface area contributed by atoms with E-state index >= 15 is 0 Å². The number of rotatable bonds is 7. The van der Waals surface area contributed by atoms with E-state index in [1.807, 2.05) is 32.9 Å². The molecule has 0 amide bonds. The number of aromatic nitrogens is 1. The zero-order valence-electron chi connectivity index (χ0n) is 17.3. The highest BCUT2D eigenvalue weighted by Crippen LogP contribution is 2.31. The van der Waals surface area contributed by atoms with E-state index in [-0.39, 0.29) is 6.10 Å². The molecule has 3 aromatic rings. The summed E-state index contributed by atoms with van der Waals surface area (Å²) in [6.45, 7) is 7.76. The van der Waals surface area contributed by atoms with Gasteiger partial charge in [-0.3, -0.25) is 0 Å². The van der Waals surface area contributed by atoms with Crippen LogP contribution in [-0.4, -0.2) is 23.7 Å². The predicted octanol–water partition coefficient (Wildman–Crippen LogP) is 4.91. The highest BCUT2D eigenvalue weighted by molar-refractivity contribution is 7.18. The second-order valence-corrected chi connectivity index (χ2v) is 9.10. The van der Waals surface area contributed by atoms with Crippen LogP contribution in [0.2, 0.25) is 0 Å². The number of hydrogen-bond acceptors (Lipinski definition) is 6. The van der Waals surface area contributed by atoms with Crippen LogP contribution in [0.3, 0.4) is 0 Å². The molecule has 2 heterocycles. The van der Waals surface area contributed by atoms with Crippen molar-refractivity contribution in [2.75, 3.05) is 6.54 Å². The summed E-state index contributed by atoms with van der Waals surface area (Å²) in [5, 5.41) is 8.53. The molecule has 0 radical (unpaired) electrons. The maximum Gasteiger partial charge on any atom is 0.167 e. The summed E-state index contributed by atoms with van der Waals surface area (Å²) in [5.41, 5.74) is 3.53. The van der Waals surface area contributed by atoms with Gasteiger partial charge < -0.3 is 15.5 Å². The molecule has 2 aromatic carbocycles. The number of benzene rings is 2. The summed E-state index contributed by atoms with van der Waals surface area (Å²) in [6, 6.07) is 15.5. The van der Waals surface area contributed by atoms with Crippen LogP contribution < -0.4 is 15.5 Å². The third-order valence-electron chi connectivity index (χ3n) is 5.16. The molecule has 5 nitrogen and oxygen atoms in total. The van der Waals surface area contributed by atoms with Crippen molar-refractivity contribution in [3.8, 4) is 5.75 Å². The van der Waals surface area contributed by atoms with Gasteiger partial charge in [-0.05, 0) is 57.4 Å². The van der Waals surface area contributed by atoms with Crippen LogP contribution in [0, 0.1) is 6.92 Å². The molecule has 154 valence electrons. The molecular weight excluding hydrogens is 382 g/mol. The third-order valence-corrected chi connectivity index (χ3v) is 6.08. The minimum Gasteiger partial charge on any atom is -0.337 e. The second-order valence-electron chi connectivity index (χ2n) is 7.86. The van der Waals surface area contributed by atoms with E-state index in [1.165, 1.54) is 12.0 Å². The van der Waals surface area contributed by atoms with Gasteiger partial charge in [0.25, 0.3) is 0 Å². The Bertz CT molecular complexity index is 942. The lowest BCUT2D eigenvalue weighted by molar-refractivity contribution is -0.234. The summed E-state index contributed by atoms with van der Waals surface area (Å²) >= 11 is 1.69. The van der Waals surface area contributed by atoms with Gasteiger partial charge in [0.1, 0.15) is 0 Å². The Labute approximate surface area is 176 Å². The van der Waals surface area contributed by atoms with Gasteiger partial charge in [-0.1, -0.05) is 30.3 Å². The monoisotopic (exact) mass is 411 g/mol. The summed E-state index contributed by atoms with van der Waals surface area (Å²) in [7, 11) is 0. The number of nitrogens with one attached hydrogen (secondary N) is 2. The van der Waals surface area contributed by atoms with E-state index in [0.717, 1.165) is 46.0 Å². The predicted molar refractivity (Wildman–Crippen MR) is 118 cm³/mol. The van der Waals surface area contributed by atoms with Crippen LogP contribution in [0.15, 0.2) is 42.5 Å². The average Bonchev–Trinajstić information content (AvgIpc) is 3.11. The highest BCUT2D eigenvalue weighted by atomic mass is 32.1. The zero-order chi connectivity index (χ0) is 20.2. The van der Waals surface area contributed by atoms with Crippen LogP contribution in [0.25, 0.3) is 10.2 Å². The molecule has 0 unspecified atom stereocenters. The van der Waals surface area contributed by atoms with Crippen molar-refractivity contribution < 1.29 is 9.78 Å². The maximum atomic E-state index is 5.55. The molecule has 2 atom stereocenters. The molecule has 1 aromatic heterocycles. The Kier molecular flexibility index (Phi) is 6.45. The Morgan fingerprint density at radius 1 is 1.24 bits per heavy atom. The Balaban J connectivity index is 1.54. The molecule has 2 N–H and O–H groups in total. The SMILES string of the molecule is Cc1nc2c(CN[C@H]3CCCN[C@H]3c3ccccc3)cc(OOC(C)C)cc2s1. The number of aryl methyl sites for hydroxylation is 1. The van der Waals surface area contributed by atoms with Crippen molar-refractivity contribution in [1.82, 2.24) is 15.6 Å². The van der Waals surface area contributed by atoms with Crippen molar-refractivity contribution in [2.24, 2.45) is 0 Å². The lowest BCUT2D eigenvalue weighted by Crippen LogP contribution is -2.45. The van der Waals surface area contributed by atoms with E-state index in [0.29, 0.717) is 12.1 Å². The van der Waals surface area contributed by atoms with E-state index in [2.05, 4.69) is 41.0 Å². The van der Waals surface area contributed by atoms with Crippen molar-refractivity contribution in [2.45, 2.75) is 58.3 Å². The van der Waals surface area contributed by atoms with Crippen molar-refractivity contribution >= 4 is 21.6 Å². The van der Waals surface area contributed by atoms with Gasteiger partial charge >= 0.3 is 0 Å². The normalized spacial score (nSPS) is 19.7. The van der Waals surface area contributed by atoms with Crippen LogP contribution in [0.5, 0.6) is 5.75 Å². The highest BCUT2D eigenvalue weighted by Gasteiger charge is 2.26. The quantitative estimate of drug-likeness (QED) is 0.427. The first-order chi connectivity index (χ1) is 14.1. The molecule has 0 aliphatic carbocycles. The minimum absolute atomic E-state index is 0.00964. The average molecular weight is 412 g/mol. The summed E-state index contributed by atoms with van der Waals surface area (Å²) in [6.07, 6.45) is 2.34. The molecule has 0 saturated carbocycles. The van der Waals surface area contributed by atoms with E-state index < -0.39 is 0 Å².